The molecule has 0 fully saturated rings. The Balaban J connectivity index is 1.71. The summed E-state index contributed by atoms with van der Waals surface area (Å²) in [5.74, 6) is -1.61. The molecule has 0 saturated carbocycles. The van der Waals surface area contributed by atoms with E-state index in [0.29, 0.717) is 6.54 Å². The smallest absolute Gasteiger partial charge is 0.339 e. The maximum atomic E-state index is 12.9. The normalized spacial score (nSPS) is 13.0. The maximum absolute atomic E-state index is 12.9. The summed E-state index contributed by atoms with van der Waals surface area (Å²) in [5.41, 5.74) is 0.340. The predicted molar refractivity (Wildman–Crippen MR) is 83.7 cm³/mol. The fraction of sp³-hybridized carbons (Fsp3) is 0.250. The van der Waals surface area contributed by atoms with Gasteiger partial charge in [-0.3, -0.25) is 4.90 Å². The van der Waals surface area contributed by atoms with E-state index in [1.165, 1.54) is 0 Å². The minimum atomic E-state index is -3.05. The van der Waals surface area contributed by atoms with Crippen LogP contribution >= 0.6 is 0 Å². The number of carbonyl (C=O) groups excluding carboxylic acids is 1. The molecule has 1 aromatic carbocycles. The lowest BCUT2D eigenvalue weighted by atomic mass is 10.2. The molecular formula is C16H14F2N4O3. The average Bonchev–Trinajstić information content (AvgIpc) is 3.03. The van der Waals surface area contributed by atoms with Crippen molar-refractivity contribution in [2.75, 3.05) is 11.4 Å². The number of rotatable bonds is 4. The molecule has 0 saturated heterocycles. The summed E-state index contributed by atoms with van der Waals surface area (Å²) in [7, 11) is 0. The Morgan fingerprint density at radius 1 is 1.32 bits per heavy atom. The van der Waals surface area contributed by atoms with Crippen molar-refractivity contribution in [3.8, 4) is 0 Å². The maximum Gasteiger partial charge on any atom is 0.339 e. The number of hydrogen-bond donors (Lipinski definition) is 2. The fourth-order valence-corrected chi connectivity index (χ4v) is 2.65. The molecular weight excluding hydrogens is 334 g/mol. The van der Waals surface area contributed by atoms with Crippen molar-refractivity contribution in [2.45, 2.75) is 19.4 Å². The van der Waals surface area contributed by atoms with Gasteiger partial charge < -0.3 is 10.4 Å². The van der Waals surface area contributed by atoms with Gasteiger partial charge in [0.2, 0.25) is 0 Å². The molecule has 1 aromatic heterocycles. The minimum absolute atomic E-state index is 0.0823. The van der Waals surface area contributed by atoms with E-state index in [4.69, 9.17) is 5.11 Å². The number of aromatic nitrogens is 2. The minimum Gasteiger partial charge on any atom is -0.478 e. The number of anilines is 1. The number of carbonyl (C=O) groups is 2. The molecule has 130 valence electrons. The summed E-state index contributed by atoms with van der Waals surface area (Å²) in [6.07, 6.45) is -1.49. The van der Waals surface area contributed by atoms with Gasteiger partial charge in [-0.2, -0.15) is 0 Å². The molecule has 3 rings (SSSR count). The van der Waals surface area contributed by atoms with Crippen LogP contribution in [0.2, 0.25) is 0 Å². The van der Waals surface area contributed by atoms with Gasteiger partial charge in [0.1, 0.15) is 17.1 Å². The topological polar surface area (TPSA) is 95.4 Å². The molecule has 2 N–H and O–H groups in total. The van der Waals surface area contributed by atoms with Crippen molar-refractivity contribution in [3.63, 3.8) is 0 Å². The number of carboxylic acids is 1. The van der Waals surface area contributed by atoms with Crippen molar-refractivity contribution in [1.29, 1.82) is 0 Å². The number of aromatic carboxylic acids is 1. The van der Waals surface area contributed by atoms with Gasteiger partial charge in [0.25, 0.3) is 6.43 Å². The van der Waals surface area contributed by atoms with Crippen molar-refractivity contribution in [2.24, 2.45) is 0 Å². The van der Waals surface area contributed by atoms with Gasteiger partial charge in [-0.25, -0.2) is 28.3 Å². The lowest BCUT2D eigenvalue weighted by Crippen LogP contribution is -2.38. The SMILES string of the molecule is O=C(O)c1cnc(CNC(=O)N2CCc3ccccc32)nc1C(F)F. The van der Waals surface area contributed by atoms with E-state index < -0.39 is 29.7 Å². The summed E-state index contributed by atoms with van der Waals surface area (Å²) >= 11 is 0. The van der Waals surface area contributed by atoms with Gasteiger partial charge in [-0.15, -0.1) is 0 Å². The first-order valence-electron chi connectivity index (χ1n) is 7.48. The first-order valence-corrected chi connectivity index (χ1v) is 7.48. The number of benzene rings is 1. The van der Waals surface area contributed by atoms with E-state index in [1.54, 1.807) is 4.90 Å². The molecule has 0 unspecified atom stereocenters. The standard InChI is InChI=1S/C16H14F2N4O3/c17-14(18)13-10(15(23)24)7-19-12(21-13)8-20-16(25)22-6-5-9-3-1-2-4-11(9)22/h1-4,7,14H,5-6,8H2,(H,20,25)(H,23,24). The zero-order chi connectivity index (χ0) is 18.0. The zero-order valence-corrected chi connectivity index (χ0v) is 12.9. The van der Waals surface area contributed by atoms with Crippen LogP contribution in [0.3, 0.4) is 0 Å². The molecule has 0 atom stereocenters. The van der Waals surface area contributed by atoms with Crippen molar-refractivity contribution >= 4 is 17.7 Å². The van der Waals surface area contributed by atoms with Crippen LogP contribution in [0, 0.1) is 0 Å². The average molecular weight is 348 g/mol. The van der Waals surface area contributed by atoms with E-state index in [9.17, 15) is 18.4 Å². The number of nitrogens with zero attached hydrogens (tertiary/aromatic N) is 3. The number of amides is 2. The predicted octanol–water partition coefficient (Wildman–Crippen LogP) is 2.38. The second-order valence-electron chi connectivity index (χ2n) is 5.38. The molecule has 1 aliphatic rings. The number of para-hydroxylation sites is 1. The Hall–Kier alpha value is -3.10. The molecule has 2 amide bonds. The molecule has 7 nitrogen and oxygen atoms in total. The third-order valence-corrected chi connectivity index (χ3v) is 3.84. The largest absolute Gasteiger partial charge is 0.478 e. The number of hydrogen-bond acceptors (Lipinski definition) is 4. The van der Waals surface area contributed by atoms with Gasteiger partial charge in [0.05, 0.1) is 6.54 Å². The summed E-state index contributed by atoms with van der Waals surface area (Å²) in [5, 5.41) is 11.4. The molecule has 0 aliphatic carbocycles. The molecule has 2 heterocycles. The van der Waals surface area contributed by atoms with Crippen LogP contribution in [0.15, 0.2) is 30.5 Å². The molecule has 1 aliphatic heterocycles. The zero-order valence-electron chi connectivity index (χ0n) is 12.9. The van der Waals surface area contributed by atoms with Crippen LogP contribution in [-0.4, -0.2) is 33.6 Å². The summed E-state index contributed by atoms with van der Waals surface area (Å²) in [4.78, 5) is 32.0. The van der Waals surface area contributed by atoms with Crippen LogP contribution in [0.5, 0.6) is 0 Å². The first kappa shape index (κ1) is 16.7. The second kappa shape index (κ2) is 6.80. The molecule has 2 aromatic rings. The lowest BCUT2D eigenvalue weighted by molar-refractivity contribution is 0.0681. The number of halogens is 2. The van der Waals surface area contributed by atoms with Crippen LogP contribution in [-0.2, 0) is 13.0 Å². The molecule has 0 radical (unpaired) electrons. The molecule has 0 bridgehead atoms. The molecule has 9 heteroatoms. The Morgan fingerprint density at radius 2 is 2.08 bits per heavy atom. The van der Waals surface area contributed by atoms with Crippen LogP contribution in [0.1, 0.15) is 33.9 Å². The summed E-state index contributed by atoms with van der Waals surface area (Å²) in [6.45, 7) is 0.337. The summed E-state index contributed by atoms with van der Waals surface area (Å²) in [6, 6.07) is 7.09. The van der Waals surface area contributed by atoms with Crippen molar-refractivity contribution in [1.82, 2.24) is 15.3 Å². The highest BCUT2D eigenvalue weighted by atomic mass is 19.3. The summed E-state index contributed by atoms with van der Waals surface area (Å²) < 4.78 is 25.9. The number of urea groups is 1. The number of nitrogens with one attached hydrogen (secondary N) is 1. The Kier molecular flexibility index (Phi) is 4.55. The number of alkyl halides is 2. The fourth-order valence-electron chi connectivity index (χ4n) is 2.65. The highest BCUT2D eigenvalue weighted by Gasteiger charge is 2.25. The van der Waals surface area contributed by atoms with Gasteiger partial charge in [0, 0.05) is 18.4 Å². The van der Waals surface area contributed by atoms with E-state index in [-0.39, 0.29) is 12.4 Å². The molecule has 25 heavy (non-hydrogen) atoms. The third kappa shape index (κ3) is 3.39. The number of fused-ring (bicyclic) bond motifs is 1. The Labute approximate surface area is 141 Å². The quantitative estimate of drug-likeness (QED) is 0.884. The van der Waals surface area contributed by atoms with Gasteiger partial charge in [-0.05, 0) is 18.1 Å². The van der Waals surface area contributed by atoms with Gasteiger partial charge in [-0.1, -0.05) is 18.2 Å². The van der Waals surface area contributed by atoms with Crippen LogP contribution in [0.4, 0.5) is 19.3 Å². The third-order valence-electron chi connectivity index (χ3n) is 3.84. The van der Waals surface area contributed by atoms with Gasteiger partial charge >= 0.3 is 12.0 Å². The lowest BCUT2D eigenvalue weighted by Gasteiger charge is -2.18. The van der Waals surface area contributed by atoms with E-state index in [2.05, 4.69) is 15.3 Å². The van der Waals surface area contributed by atoms with E-state index >= 15 is 0 Å². The first-order chi connectivity index (χ1) is 12.0. The van der Waals surface area contributed by atoms with Crippen LogP contribution in [0.25, 0.3) is 0 Å². The van der Waals surface area contributed by atoms with Crippen molar-refractivity contribution < 1.29 is 23.5 Å². The number of carboxylic acid groups (broad SMARTS) is 1. The van der Waals surface area contributed by atoms with E-state index in [0.717, 1.165) is 23.9 Å². The van der Waals surface area contributed by atoms with Crippen molar-refractivity contribution in [3.05, 3.63) is 53.1 Å². The Bertz CT molecular complexity index is 829. The van der Waals surface area contributed by atoms with E-state index in [1.807, 2.05) is 24.3 Å². The monoisotopic (exact) mass is 348 g/mol. The highest BCUT2D eigenvalue weighted by Crippen LogP contribution is 2.27. The van der Waals surface area contributed by atoms with Gasteiger partial charge in [0.15, 0.2) is 0 Å². The highest BCUT2D eigenvalue weighted by molar-refractivity contribution is 5.94. The molecule has 0 spiro atoms. The van der Waals surface area contributed by atoms with Crippen LogP contribution < -0.4 is 10.2 Å². The second-order valence-corrected chi connectivity index (χ2v) is 5.38. The Morgan fingerprint density at radius 3 is 2.80 bits per heavy atom.